The van der Waals surface area contributed by atoms with E-state index in [1.165, 1.54) is 0 Å². The highest BCUT2D eigenvalue weighted by Crippen LogP contribution is 2.30. The first-order chi connectivity index (χ1) is 9.02. The average Bonchev–Trinajstić information content (AvgIpc) is 2.37. The minimum Gasteiger partial charge on any atom is -0.494 e. The Labute approximate surface area is 111 Å². The number of nitrogens with zero attached hydrogens (tertiary/aromatic N) is 1. The molecule has 1 heterocycles. The molecule has 0 amide bonds. The van der Waals surface area contributed by atoms with E-state index >= 15 is 0 Å². The molecule has 5 heteroatoms. The van der Waals surface area contributed by atoms with Crippen molar-refractivity contribution in [2.75, 3.05) is 12.4 Å². The zero-order valence-corrected chi connectivity index (χ0v) is 11.1. The number of anilines is 1. The summed E-state index contributed by atoms with van der Waals surface area (Å²) in [5, 5.41) is 12.8. The molecule has 100 valence electrons. The van der Waals surface area contributed by atoms with Gasteiger partial charge in [0.15, 0.2) is 0 Å². The molecule has 0 saturated carbocycles. The van der Waals surface area contributed by atoms with E-state index in [4.69, 9.17) is 9.84 Å². The van der Waals surface area contributed by atoms with Crippen molar-refractivity contribution in [1.29, 1.82) is 0 Å². The number of pyridine rings is 1. The number of aryl methyl sites for hydroxylation is 1. The number of hydrogen-bond acceptors (Lipinski definition) is 4. The van der Waals surface area contributed by atoms with Gasteiger partial charge in [-0.3, -0.25) is 4.79 Å². The second kappa shape index (κ2) is 5.14. The molecule has 5 nitrogen and oxygen atoms in total. The van der Waals surface area contributed by atoms with Crippen molar-refractivity contribution in [2.24, 2.45) is 0 Å². The molecule has 0 fully saturated rings. The van der Waals surface area contributed by atoms with Gasteiger partial charge in [-0.1, -0.05) is 12.1 Å². The highest BCUT2D eigenvalue weighted by Gasteiger charge is 2.14. The third-order valence-corrected chi connectivity index (χ3v) is 2.89. The van der Waals surface area contributed by atoms with E-state index < -0.39 is 12.0 Å². The van der Waals surface area contributed by atoms with Crippen LogP contribution in [0.1, 0.15) is 12.6 Å². The van der Waals surface area contributed by atoms with E-state index in [0.717, 1.165) is 22.3 Å². The summed E-state index contributed by atoms with van der Waals surface area (Å²) in [5.41, 5.74) is 2.28. The number of ether oxygens (including phenoxy) is 1. The van der Waals surface area contributed by atoms with Gasteiger partial charge in [-0.2, -0.15) is 0 Å². The molecule has 0 aliphatic heterocycles. The molecular formula is C14H16N2O3. The lowest BCUT2D eigenvalue weighted by molar-refractivity contribution is -0.137. The Morgan fingerprint density at radius 3 is 2.84 bits per heavy atom. The lowest BCUT2D eigenvalue weighted by Gasteiger charge is -2.15. The number of methoxy groups -OCH3 is 1. The van der Waals surface area contributed by atoms with Crippen molar-refractivity contribution in [1.82, 2.24) is 4.98 Å². The summed E-state index contributed by atoms with van der Waals surface area (Å²) < 4.78 is 5.28. The molecule has 0 aliphatic carbocycles. The van der Waals surface area contributed by atoms with Gasteiger partial charge in [0, 0.05) is 16.8 Å². The Morgan fingerprint density at radius 2 is 2.21 bits per heavy atom. The number of carboxylic acids is 1. The van der Waals surface area contributed by atoms with Crippen molar-refractivity contribution >= 4 is 22.6 Å². The van der Waals surface area contributed by atoms with E-state index in [1.807, 2.05) is 31.2 Å². The minimum absolute atomic E-state index is 0.670. The molecule has 0 bridgehead atoms. The Balaban J connectivity index is 2.57. The van der Waals surface area contributed by atoms with E-state index in [-0.39, 0.29) is 0 Å². The molecule has 19 heavy (non-hydrogen) atoms. The van der Waals surface area contributed by atoms with E-state index in [2.05, 4.69) is 10.3 Å². The van der Waals surface area contributed by atoms with Gasteiger partial charge in [-0.05, 0) is 26.0 Å². The molecule has 2 N–H and O–H groups in total. The van der Waals surface area contributed by atoms with Gasteiger partial charge in [0.1, 0.15) is 17.3 Å². The Hall–Kier alpha value is -2.30. The van der Waals surface area contributed by atoms with Gasteiger partial charge >= 0.3 is 5.97 Å². The SMILES string of the molecule is COc1cccc2c(NC(C)C(=O)O)cc(C)nc12. The van der Waals surface area contributed by atoms with Crippen LogP contribution in [0.3, 0.4) is 0 Å². The molecule has 0 radical (unpaired) electrons. The third kappa shape index (κ3) is 2.59. The number of nitrogens with one attached hydrogen (secondary N) is 1. The monoisotopic (exact) mass is 260 g/mol. The largest absolute Gasteiger partial charge is 0.494 e. The summed E-state index contributed by atoms with van der Waals surface area (Å²) in [7, 11) is 1.59. The van der Waals surface area contributed by atoms with E-state index in [9.17, 15) is 4.79 Å². The Morgan fingerprint density at radius 1 is 1.47 bits per heavy atom. The Kier molecular flexibility index (Phi) is 3.55. The molecule has 0 spiro atoms. The van der Waals surface area contributed by atoms with Gasteiger partial charge in [-0.15, -0.1) is 0 Å². The minimum atomic E-state index is -0.898. The molecule has 2 aromatic rings. The molecular weight excluding hydrogens is 244 g/mol. The number of hydrogen-bond donors (Lipinski definition) is 2. The molecule has 1 atom stereocenters. The fourth-order valence-corrected chi connectivity index (χ4v) is 1.93. The van der Waals surface area contributed by atoms with Crippen LogP contribution < -0.4 is 10.1 Å². The van der Waals surface area contributed by atoms with Gasteiger partial charge in [0.05, 0.1) is 7.11 Å². The lowest BCUT2D eigenvalue weighted by atomic mass is 10.1. The van der Waals surface area contributed by atoms with Crippen LogP contribution in [0.25, 0.3) is 10.9 Å². The first-order valence-electron chi connectivity index (χ1n) is 5.96. The van der Waals surface area contributed by atoms with Crippen molar-refractivity contribution in [3.8, 4) is 5.75 Å². The van der Waals surface area contributed by atoms with Crippen LogP contribution in [-0.2, 0) is 4.79 Å². The number of aromatic nitrogens is 1. The number of para-hydroxylation sites is 1. The van der Waals surface area contributed by atoms with E-state index in [1.54, 1.807) is 14.0 Å². The maximum Gasteiger partial charge on any atom is 0.325 e. The van der Waals surface area contributed by atoms with Crippen LogP contribution >= 0.6 is 0 Å². The number of rotatable bonds is 4. The van der Waals surface area contributed by atoms with Crippen LogP contribution in [-0.4, -0.2) is 29.2 Å². The molecule has 2 rings (SSSR count). The maximum absolute atomic E-state index is 10.9. The standard InChI is InChI=1S/C14H16N2O3/c1-8-7-11(16-9(2)14(17)18)10-5-4-6-12(19-3)13(10)15-8/h4-7,9H,1-3H3,(H,15,16)(H,17,18). The molecule has 1 unspecified atom stereocenters. The topological polar surface area (TPSA) is 71.5 Å². The molecule has 0 saturated heterocycles. The summed E-state index contributed by atoms with van der Waals surface area (Å²) in [6, 6.07) is 6.74. The summed E-state index contributed by atoms with van der Waals surface area (Å²) in [4.78, 5) is 15.4. The number of aliphatic carboxylic acids is 1. The second-order valence-corrected chi connectivity index (χ2v) is 4.37. The summed E-state index contributed by atoms with van der Waals surface area (Å²) in [5.74, 6) is -0.224. The number of fused-ring (bicyclic) bond motifs is 1. The van der Waals surface area contributed by atoms with Crippen LogP contribution in [0.2, 0.25) is 0 Å². The van der Waals surface area contributed by atoms with Crippen molar-refractivity contribution in [2.45, 2.75) is 19.9 Å². The van der Waals surface area contributed by atoms with Crippen LogP contribution in [0.5, 0.6) is 5.75 Å². The zero-order chi connectivity index (χ0) is 14.0. The zero-order valence-electron chi connectivity index (χ0n) is 11.1. The molecule has 1 aromatic carbocycles. The molecule has 0 aliphatic rings. The predicted molar refractivity (Wildman–Crippen MR) is 73.8 cm³/mol. The van der Waals surface area contributed by atoms with Gasteiger partial charge in [0.25, 0.3) is 0 Å². The maximum atomic E-state index is 10.9. The second-order valence-electron chi connectivity index (χ2n) is 4.37. The highest BCUT2D eigenvalue weighted by molar-refractivity contribution is 5.96. The number of benzene rings is 1. The smallest absolute Gasteiger partial charge is 0.325 e. The summed E-state index contributed by atoms with van der Waals surface area (Å²) in [6.45, 7) is 3.46. The average molecular weight is 260 g/mol. The van der Waals surface area contributed by atoms with Crippen molar-refractivity contribution in [3.63, 3.8) is 0 Å². The third-order valence-electron chi connectivity index (χ3n) is 2.89. The van der Waals surface area contributed by atoms with E-state index in [0.29, 0.717) is 5.75 Å². The Bertz CT molecular complexity index is 625. The lowest BCUT2D eigenvalue weighted by Crippen LogP contribution is -2.25. The van der Waals surface area contributed by atoms with Crippen molar-refractivity contribution in [3.05, 3.63) is 30.0 Å². The summed E-state index contributed by atoms with van der Waals surface area (Å²) in [6.07, 6.45) is 0. The van der Waals surface area contributed by atoms with Gasteiger partial charge in [-0.25, -0.2) is 4.98 Å². The van der Waals surface area contributed by atoms with Crippen LogP contribution in [0.15, 0.2) is 24.3 Å². The number of carboxylic acid groups (broad SMARTS) is 1. The normalized spacial score (nSPS) is 12.2. The predicted octanol–water partition coefficient (Wildman–Crippen LogP) is 2.44. The summed E-state index contributed by atoms with van der Waals surface area (Å²) >= 11 is 0. The van der Waals surface area contributed by atoms with Gasteiger partial charge in [0.2, 0.25) is 0 Å². The van der Waals surface area contributed by atoms with Crippen molar-refractivity contribution < 1.29 is 14.6 Å². The number of carbonyl (C=O) groups is 1. The van der Waals surface area contributed by atoms with Gasteiger partial charge < -0.3 is 15.2 Å². The van der Waals surface area contributed by atoms with Crippen LogP contribution in [0, 0.1) is 6.92 Å². The fraction of sp³-hybridized carbons (Fsp3) is 0.286. The fourth-order valence-electron chi connectivity index (χ4n) is 1.93. The molecule has 1 aromatic heterocycles. The first-order valence-corrected chi connectivity index (χ1v) is 5.96. The highest BCUT2D eigenvalue weighted by atomic mass is 16.5. The van der Waals surface area contributed by atoms with Crippen LogP contribution in [0.4, 0.5) is 5.69 Å². The quantitative estimate of drug-likeness (QED) is 0.883. The first kappa shape index (κ1) is 13.1.